The highest BCUT2D eigenvalue weighted by molar-refractivity contribution is 7.14. The maximum Gasteiger partial charge on any atom is 0.0355 e. The van der Waals surface area contributed by atoms with E-state index < -0.39 is 0 Å². The highest BCUT2D eigenvalue weighted by Gasteiger charge is 2.24. The first-order valence-corrected chi connectivity index (χ1v) is 14.7. The Morgan fingerprint density at radius 3 is 1.26 bits per heavy atom. The topological polar surface area (TPSA) is 0 Å². The van der Waals surface area contributed by atoms with Crippen molar-refractivity contribution in [3.05, 3.63) is 120 Å². The third-order valence-electron chi connectivity index (χ3n) is 8.13. The standard InChI is InChI=1S/C36H20S2/c1-2-8-24-20-28-27(19-23(24)7-1)33(29-13-5-17-37-29)35-25-11-3-9-21-15-16-22-10-4-12-26(32(22)31(21)25)36(35)34(28)30-14-6-18-38-30/h1-20H. The van der Waals surface area contributed by atoms with Crippen LogP contribution in [0.4, 0.5) is 0 Å². The lowest BCUT2D eigenvalue weighted by atomic mass is 9.82. The predicted octanol–water partition coefficient (Wildman–Crippen LogP) is 11.5. The molecule has 9 rings (SSSR count). The largest absolute Gasteiger partial charge is 0.144 e. The van der Waals surface area contributed by atoms with Crippen molar-refractivity contribution >= 4 is 87.3 Å². The van der Waals surface area contributed by atoms with Gasteiger partial charge in [0.05, 0.1) is 0 Å². The molecule has 0 aliphatic carbocycles. The van der Waals surface area contributed by atoms with E-state index in [2.05, 4.69) is 120 Å². The van der Waals surface area contributed by atoms with Crippen molar-refractivity contribution in [2.75, 3.05) is 0 Å². The first-order chi connectivity index (χ1) is 18.9. The molecule has 2 heteroatoms. The molecule has 0 nitrogen and oxygen atoms in total. The first-order valence-electron chi connectivity index (χ1n) is 12.9. The smallest absolute Gasteiger partial charge is 0.0355 e. The average Bonchev–Trinajstić information content (AvgIpc) is 3.69. The van der Waals surface area contributed by atoms with Crippen LogP contribution in [0.2, 0.25) is 0 Å². The molecular weight excluding hydrogens is 497 g/mol. The number of rotatable bonds is 2. The molecule has 176 valence electrons. The monoisotopic (exact) mass is 516 g/mol. The Balaban J connectivity index is 1.71. The maximum atomic E-state index is 2.43. The summed E-state index contributed by atoms with van der Waals surface area (Å²) in [6.45, 7) is 0. The van der Waals surface area contributed by atoms with Gasteiger partial charge in [0.15, 0.2) is 0 Å². The Kier molecular flexibility index (Phi) is 4.18. The SMILES string of the molecule is c1csc(-c2c3cc4ccccc4cc3c(-c3cccs3)c3c4cccc5ccc6cccc(c23)c6c54)c1. The Bertz CT molecular complexity index is 2160. The van der Waals surface area contributed by atoms with Gasteiger partial charge in [-0.1, -0.05) is 84.9 Å². The van der Waals surface area contributed by atoms with Crippen LogP contribution in [0.3, 0.4) is 0 Å². The molecule has 0 bridgehead atoms. The van der Waals surface area contributed by atoms with Crippen LogP contribution in [0.5, 0.6) is 0 Å². The molecule has 0 saturated carbocycles. The van der Waals surface area contributed by atoms with Crippen LogP contribution in [0.15, 0.2) is 120 Å². The summed E-state index contributed by atoms with van der Waals surface area (Å²) in [5, 5.41) is 20.4. The molecular formula is C36H20S2. The summed E-state index contributed by atoms with van der Waals surface area (Å²) in [6, 6.07) is 40.9. The molecule has 0 unspecified atom stereocenters. The van der Waals surface area contributed by atoms with Gasteiger partial charge in [0.25, 0.3) is 0 Å². The van der Waals surface area contributed by atoms with Crippen LogP contribution in [-0.4, -0.2) is 0 Å². The van der Waals surface area contributed by atoms with Gasteiger partial charge in [0, 0.05) is 31.7 Å². The fraction of sp³-hybridized carbons (Fsp3) is 0. The van der Waals surface area contributed by atoms with Crippen LogP contribution >= 0.6 is 22.7 Å². The molecule has 0 aliphatic rings. The van der Waals surface area contributed by atoms with E-state index in [-0.39, 0.29) is 0 Å². The molecule has 0 amide bonds. The molecule has 0 radical (unpaired) electrons. The second-order valence-electron chi connectivity index (χ2n) is 10.1. The lowest BCUT2D eigenvalue weighted by Gasteiger charge is -2.22. The van der Waals surface area contributed by atoms with Crippen molar-refractivity contribution in [3.63, 3.8) is 0 Å². The van der Waals surface area contributed by atoms with E-state index in [1.54, 1.807) is 0 Å². The Hall–Kier alpha value is -4.24. The van der Waals surface area contributed by atoms with E-state index in [0.717, 1.165) is 0 Å². The van der Waals surface area contributed by atoms with Crippen molar-refractivity contribution in [2.45, 2.75) is 0 Å². The van der Waals surface area contributed by atoms with Gasteiger partial charge in [0.1, 0.15) is 0 Å². The van der Waals surface area contributed by atoms with E-state index in [0.29, 0.717) is 0 Å². The van der Waals surface area contributed by atoms with Gasteiger partial charge in [0.2, 0.25) is 0 Å². The van der Waals surface area contributed by atoms with Crippen LogP contribution < -0.4 is 0 Å². The summed E-state index contributed by atoms with van der Waals surface area (Å²) in [6.07, 6.45) is 0. The van der Waals surface area contributed by atoms with Gasteiger partial charge in [-0.3, -0.25) is 0 Å². The average molecular weight is 517 g/mol. The predicted molar refractivity (Wildman–Crippen MR) is 169 cm³/mol. The molecule has 2 aromatic heterocycles. The van der Waals surface area contributed by atoms with Crippen molar-refractivity contribution in [3.8, 4) is 20.9 Å². The quantitative estimate of drug-likeness (QED) is 0.158. The zero-order valence-corrected chi connectivity index (χ0v) is 22.0. The molecule has 2 heterocycles. The molecule has 0 N–H and O–H groups in total. The van der Waals surface area contributed by atoms with E-state index in [4.69, 9.17) is 0 Å². The van der Waals surface area contributed by atoms with Gasteiger partial charge < -0.3 is 0 Å². The number of fused-ring (bicyclic) bond motifs is 5. The number of hydrogen-bond donors (Lipinski definition) is 0. The third kappa shape index (κ3) is 2.69. The summed E-state index contributed by atoms with van der Waals surface area (Å²) in [4.78, 5) is 2.64. The summed E-state index contributed by atoms with van der Waals surface area (Å²) in [7, 11) is 0. The van der Waals surface area contributed by atoms with Gasteiger partial charge in [-0.05, 0) is 88.9 Å². The molecule has 9 aromatic rings. The fourth-order valence-corrected chi connectivity index (χ4v) is 8.22. The summed E-state index contributed by atoms with van der Waals surface area (Å²) < 4.78 is 0. The minimum Gasteiger partial charge on any atom is -0.144 e. The van der Waals surface area contributed by atoms with Gasteiger partial charge in [-0.2, -0.15) is 0 Å². The van der Waals surface area contributed by atoms with E-state index in [9.17, 15) is 0 Å². The van der Waals surface area contributed by atoms with Gasteiger partial charge in [-0.15, -0.1) is 22.7 Å². The molecule has 0 atom stereocenters. The van der Waals surface area contributed by atoms with E-state index in [1.165, 1.54) is 85.5 Å². The summed E-state index contributed by atoms with van der Waals surface area (Å²) in [5.41, 5.74) is 2.71. The Morgan fingerprint density at radius 2 is 0.816 bits per heavy atom. The second-order valence-corrected chi connectivity index (χ2v) is 12.0. The maximum absolute atomic E-state index is 2.43. The fourth-order valence-electron chi connectivity index (χ4n) is 6.64. The van der Waals surface area contributed by atoms with Crippen LogP contribution in [-0.2, 0) is 0 Å². The van der Waals surface area contributed by atoms with Crippen LogP contribution in [0.1, 0.15) is 0 Å². The van der Waals surface area contributed by atoms with Gasteiger partial charge >= 0.3 is 0 Å². The van der Waals surface area contributed by atoms with E-state index in [1.807, 2.05) is 22.7 Å². The Labute approximate surface area is 227 Å². The lowest BCUT2D eigenvalue weighted by Crippen LogP contribution is -1.94. The van der Waals surface area contributed by atoms with Crippen molar-refractivity contribution < 1.29 is 0 Å². The molecule has 0 saturated heterocycles. The zero-order chi connectivity index (χ0) is 24.8. The highest BCUT2D eigenvalue weighted by atomic mass is 32.1. The number of benzene rings is 7. The molecule has 38 heavy (non-hydrogen) atoms. The summed E-state index contributed by atoms with van der Waals surface area (Å²) in [5.74, 6) is 0. The number of thiophene rings is 2. The van der Waals surface area contributed by atoms with Crippen molar-refractivity contribution in [2.24, 2.45) is 0 Å². The van der Waals surface area contributed by atoms with Crippen LogP contribution in [0.25, 0.3) is 85.5 Å². The minimum absolute atomic E-state index is 1.28. The van der Waals surface area contributed by atoms with Crippen molar-refractivity contribution in [1.82, 2.24) is 0 Å². The molecule has 0 aliphatic heterocycles. The molecule has 0 spiro atoms. The van der Waals surface area contributed by atoms with Crippen molar-refractivity contribution in [1.29, 1.82) is 0 Å². The second kappa shape index (κ2) is 7.64. The highest BCUT2D eigenvalue weighted by Crippen LogP contribution is 2.52. The first kappa shape index (κ1) is 20.8. The third-order valence-corrected chi connectivity index (χ3v) is 9.91. The minimum atomic E-state index is 1.28. The van der Waals surface area contributed by atoms with Crippen LogP contribution in [0, 0.1) is 0 Å². The normalized spacial score (nSPS) is 12.2. The zero-order valence-electron chi connectivity index (χ0n) is 20.4. The van der Waals surface area contributed by atoms with E-state index >= 15 is 0 Å². The number of hydrogen-bond acceptors (Lipinski definition) is 2. The Morgan fingerprint density at radius 1 is 0.342 bits per heavy atom. The van der Waals surface area contributed by atoms with Gasteiger partial charge in [-0.25, -0.2) is 0 Å². The lowest BCUT2D eigenvalue weighted by molar-refractivity contribution is 1.77. The summed E-state index contributed by atoms with van der Waals surface area (Å²) >= 11 is 3.68. The molecule has 0 fully saturated rings. The molecule has 7 aromatic carbocycles.